The third-order valence-corrected chi connectivity index (χ3v) is 3.61. The standard InChI is InChI=1S/C14H19F2NO2/c15-11-3-4-13(16)12(6-11)14(19)8-17-5-1-2-10(7-17)9-18/h3-4,6,10,14,18-19H,1-2,5,7-9H2. The molecule has 1 heterocycles. The predicted octanol–water partition coefficient (Wildman–Crippen LogP) is 1.70. The van der Waals surface area contributed by atoms with E-state index >= 15 is 0 Å². The Labute approximate surface area is 111 Å². The normalized spacial score (nSPS) is 22.4. The summed E-state index contributed by atoms with van der Waals surface area (Å²) in [5.41, 5.74) is -0.00822. The number of aliphatic hydroxyl groups is 2. The lowest BCUT2D eigenvalue weighted by Gasteiger charge is -2.33. The number of halogens is 2. The van der Waals surface area contributed by atoms with Gasteiger partial charge >= 0.3 is 0 Å². The van der Waals surface area contributed by atoms with E-state index in [1.165, 1.54) is 0 Å². The van der Waals surface area contributed by atoms with Gasteiger partial charge in [0.15, 0.2) is 0 Å². The lowest BCUT2D eigenvalue weighted by molar-refractivity contribution is 0.0661. The molecule has 3 nitrogen and oxygen atoms in total. The molecule has 1 aromatic carbocycles. The van der Waals surface area contributed by atoms with Gasteiger partial charge < -0.3 is 15.1 Å². The maximum absolute atomic E-state index is 13.5. The van der Waals surface area contributed by atoms with E-state index in [1.807, 2.05) is 4.90 Å². The van der Waals surface area contributed by atoms with E-state index in [4.69, 9.17) is 5.11 Å². The molecule has 2 rings (SSSR count). The van der Waals surface area contributed by atoms with Crippen LogP contribution in [0.25, 0.3) is 0 Å². The van der Waals surface area contributed by atoms with Crippen molar-refractivity contribution < 1.29 is 19.0 Å². The summed E-state index contributed by atoms with van der Waals surface area (Å²) in [6, 6.07) is 3.10. The van der Waals surface area contributed by atoms with Crippen LogP contribution in [0.3, 0.4) is 0 Å². The minimum absolute atomic E-state index is 0.00822. The molecular weight excluding hydrogens is 252 g/mol. The number of nitrogens with zero attached hydrogens (tertiary/aromatic N) is 1. The molecule has 0 bridgehead atoms. The average Bonchev–Trinajstić information content (AvgIpc) is 2.41. The fraction of sp³-hybridized carbons (Fsp3) is 0.571. The number of rotatable bonds is 4. The zero-order valence-corrected chi connectivity index (χ0v) is 10.7. The summed E-state index contributed by atoms with van der Waals surface area (Å²) < 4.78 is 26.6. The van der Waals surface area contributed by atoms with Gasteiger partial charge in [0.2, 0.25) is 0 Å². The molecule has 5 heteroatoms. The predicted molar refractivity (Wildman–Crippen MR) is 67.6 cm³/mol. The SMILES string of the molecule is OCC1CCCN(CC(O)c2cc(F)ccc2F)C1. The fourth-order valence-electron chi connectivity index (χ4n) is 2.58. The third-order valence-electron chi connectivity index (χ3n) is 3.61. The molecule has 1 aliphatic rings. The van der Waals surface area contributed by atoms with E-state index in [2.05, 4.69) is 0 Å². The van der Waals surface area contributed by atoms with Crippen LogP contribution in [-0.2, 0) is 0 Å². The Kier molecular flexibility index (Phi) is 4.85. The quantitative estimate of drug-likeness (QED) is 0.876. The van der Waals surface area contributed by atoms with Gasteiger partial charge in [0.1, 0.15) is 11.6 Å². The minimum atomic E-state index is -1.05. The van der Waals surface area contributed by atoms with E-state index < -0.39 is 17.7 Å². The first kappa shape index (κ1) is 14.4. The Morgan fingerprint density at radius 1 is 1.37 bits per heavy atom. The molecule has 0 aliphatic carbocycles. The minimum Gasteiger partial charge on any atom is -0.396 e. The van der Waals surface area contributed by atoms with Crippen molar-refractivity contribution >= 4 is 0 Å². The smallest absolute Gasteiger partial charge is 0.129 e. The fourth-order valence-corrected chi connectivity index (χ4v) is 2.58. The van der Waals surface area contributed by atoms with Crippen LogP contribution in [0.1, 0.15) is 24.5 Å². The van der Waals surface area contributed by atoms with Crippen LogP contribution in [0.4, 0.5) is 8.78 Å². The number of benzene rings is 1. The van der Waals surface area contributed by atoms with E-state index in [0.717, 1.165) is 37.6 Å². The molecule has 0 radical (unpaired) electrons. The average molecular weight is 271 g/mol. The summed E-state index contributed by atoms with van der Waals surface area (Å²) >= 11 is 0. The van der Waals surface area contributed by atoms with Crippen LogP contribution in [-0.4, -0.2) is 41.4 Å². The highest BCUT2D eigenvalue weighted by atomic mass is 19.1. The number of aliphatic hydroxyl groups excluding tert-OH is 2. The molecule has 0 saturated carbocycles. The second-order valence-corrected chi connectivity index (χ2v) is 5.13. The number of β-amino-alcohol motifs (C(OH)–C–C–N with tert-alkyl or cyclic N) is 1. The molecule has 0 amide bonds. The zero-order valence-electron chi connectivity index (χ0n) is 10.7. The van der Waals surface area contributed by atoms with Crippen molar-refractivity contribution in [2.24, 2.45) is 5.92 Å². The van der Waals surface area contributed by atoms with Crippen molar-refractivity contribution in [3.8, 4) is 0 Å². The molecule has 19 heavy (non-hydrogen) atoms. The van der Waals surface area contributed by atoms with Gasteiger partial charge in [0.05, 0.1) is 6.10 Å². The summed E-state index contributed by atoms with van der Waals surface area (Å²) in [5.74, 6) is -0.940. The van der Waals surface area contributed by atoms with Crippen LogP contribution < -0.4 is 0 Å². The van der Waals surface area contributed by atoms with E-state index in [0.29, 0.717) is 6.54 Å². The van der Waals surface area contributed by atoms with Crippen LogP contribution in [0, 0.1) is 17.6 Å². The van der Waals surface area contributed by atoms with Gasteiger partial charge in [-0.05, 0) is 43.5 Å². The second-order valence-electron chi connectivity index (χ2n) is 5.13. The second kappa shape index (κ2) is 6.41. The number of piperidine rings is 1. The van der Waals surface area contributed by atoms with Gasteiger partial charge in [0, 0.05) is 25.3 Å². The summed E-state index contributed by atoms with van der Waals surface area (Å²) in [4.78, 5) is 1.99. The van der Waals surface area contributed by atoms with Gasteiger partial charge in [-0.2, -0.15) is 0 Å². The van der Waals surface area contributed by atoms with Crippen LogP contribution in [0.2, 0.25) is 0 Å². The van der Waals surface area contributed by atoms with Crippen molar-refractivity contribution in [2.45, 2.75) is 18.9 Å². The number of hydrogen-bond acceptors (Lipinski definition) is 3. The van der Waals surface area contributed by atoms with Gasteiger partial charge in [0.25, 0.3) is 0 Å². The topological polar surface area (TPSA) is 43.7 Å². The molecule has 2 atom stereocenters. The van der Waals surface area contributed by atoms with E-state index in [9.17, 15) is 13.9 Å². The molecular formula is C14H19F2NO2. The first-order chi connectivity index (χ1) is 9.10. The molecule has 2 unspecified atom stereocenters. The molecule has 1 saturated heterocycles. The Morgan fingerprint density at radius 3 is 2.89 bits per heavy atom. The van der Waals surface area contributed by atoms with Crippen LogP contribution in [0.15, 0.2) is 18.2 Å². The number of likely N-dealkylation sites (tertiary alicyclic amines) is 1. The molecule has 0 aromatic heterocycles. The summed E-state index contributed by atoms with van der Waals surface area (Å²) in [7, 11) is 0. The lowest BCUT2D eigenvalue weighted by Crippen LogP contribution is -2.39. The summed E-state index contributed by atoms with van der Waals surface area (Å²) in [6.07, 6.45) is 0.870. The Hall–Kier alpha value is -1.04. The molecule has 2 N–H and O–H groups in total. The van der Waals surface area contributed by atoms with Crippen molar-refractivity contribution in [3.05, 3.63) is 35.4 Å². The maximum Gasteiger partial charge on any atom is 0.129 e. The largest absolute Gasteiger partial charge is 0.396 e. The molecule has 1 aliphatic heterocycles. The third kappa shape index (κ3) is 3.72. The maximum atomic E-state index is 13.5. The van der Waals surface area contributed by atoms with Crippen molar-refractivity contribution in [1.82, 2.24) is 4.90 Å². The lowest BCUT2D eigenvalue weighted by atomic mass is 9.98. The van der Waals surface area contributed by atoms with Crippen LogP contribution in [0.5, 0.6) is 0 Å². The molecule has 0 spiro atoms. The van der Waals surface area contributed by atoms with Gasteiger partial charge in [-0.25, -0.2) is 8.78 Å². The Balaban J connectivity index is 2.00. The van der Waals surface area contributed by atoms with Crippen molar-refractivity contribution in [3.63, 3.8) is 0 Å². The Morgan fingerprint density at radius 2 is 2.16 bits per heavy atom. The van der Waals surface area contributed by atoms with E-state index in [-0.39, 0.29) is 24.6 Å². The highest BCUT2D eigenvalue weighted by molar-refractivity contribution is 5.21. The zero-order chi connectivity index (χ0) is 13.8. The van der Waals surface area contributed by atoms with Gasteiger partial charge in [-0.1, -0.05) is 0 Å². The summed E-state index contributed by atoms with van der Waals surface area (Å²) in [6.45, 7) is 1.88. The van der Waals surface area contributed by atoms with Crippen molar-refractivity contribution in [1.29, 1.82) is 0 Å². The molecule has 1 fully saturated rings. The Bertz CT molecular complexity index is 428. The van der Waals surface area contributed by atoms with Gasteiger partial charge in [-0.3, -0.25) is 0 Å². The first-order valence-electron chi connectivity index (χ1n) is 6.56. The van der Waals surface area contributed by atoms with Crippen LogP contribution >= 0.6 is 0 Å². The molecule has 106 valence electrons. The van der Waals surface area contributed by atoms with Crippen molar-refractivity contribution in [2.75, 3.05) is 26.2 Å². The van der Waals surface area contributed by atoms with Gasteiger partial charge in [-0.15, -0.1) is 0 Å². The monoisotopic (exact) mass is 271 g/mol. The first-order valence-corrected chi connectivity index (χ1v) is 6.56. The highest BCUT2D eigenvalue weighted by Gasteiger charge is 2.23. The van der Waals surface area contributed by atoms with E-state index in [1.54, 1.807) is 0 Å². The molecule has 1 aromatic rings. The summed E-state index contributed by atoms with van der Waals surface area (Å²) in [5, 5.41) is 19.2. The number of hydrogen-bond donors (Lipinski definition) is 2. The highest BCUT2D eigenvalue weighted by Crippen LogP contribution is 2.22.